The van der Waals surface area contributed by atoms with Gasteiger partial charge < -0.3 is 14.5 Å². The molecule has 1 N–H and O–H groups in total. The lowest BCUT2D eigenvalue weighted by molar-refractivity contribution is 0.0563. The Hall–Kier alpha value is -2.44. The third-order valence-corrected chi connectivity index (χ3v) is 2.54. The number of anilines is 1. The zero-order valence-electron chi connectivity index (χ0n) is 10.4. The molecule has 0 unspecified atom stereocenters. The van der Waals surface area contributed by atoms with Crippen molar-refractivity contribution >= 4 is 11.7 Å². The Labute approximate surface area is 112 Å². The molecule has 0 aliphatic rings. The number of ether oxygens (including phenoxy) is 1. The molecule has 0 saturated heterocycles. The zero-order chi connectivity index (χ0) is 14.7. The summed E-state index contributed by atoms with van der Waals surface area (Å²) in [7, 11) is 1.21. The van der Waals surface area contributed by atoms with Gasteiger partial charge in [0, 0.05) is 0 Å². The highest BCUT2D eigenvalue weighted by Crippen LogP contribution is 2.20. The zero-order valence-corrected chi connectivity index (χ0v) is 10.4. The van der Waals surface area contributed by atoms with Gasteiger partial charge in [0.1, 0.15) is 5.76 Å². The van der Waals surface area contributed by atoms with Crippen LogP contribution in [0.1, 0.15) is 16.3 Å². The summed E-state index contributed by atoms with van der Waals surface area (Å²) < 4.78 is 48.7. The fourth-order valence-corrected chi connectivity index (χ4v) is 1.53. The number of carbonyl (C=O) groups excluding carboxylic acids is 1. The van der Waals surface area contributed by atoms with Crippen molar-refractivity contribution in [1.29, 1.82) is 0 Å². The van der Waals surface area contributed by atoms with E-state index in [1.165, 1.54) is 19.2 Å². The van der Waals surface area contributed by atoms with Gasteiger partial charge in [-0.25, -0.2) is 18.0 Å². The quantitative estimate of drug-likeness (QED) is 0.692. The van der Waals surface area contributed by atoms with Gasteiger partial charge in [0.2, 0.25) is 5.76 Å². The number of rotatable bonds is 4. The predicted molar refractivity (Wildman–Crippen MR) is 63.7 cm³/mol. The molecule has 0 spiro atoms. The van der Waals surface area contributed by atoms with Crippen molar-refractivity contribution in [3.05, 3.63) is 53.2 Å². The van der Waals surface area contributed by atoms with Crippen molar-refractivity contribution in [2.75, 3.05) is 12.4 Å². The van der Waals surface area contributed by atoms with Crippen molar-refractivity contribution < 1.29 is 27.1 Å². The lowest BCUT2D eigenvalue weighted by Crippen LogP contribution is -2.03. The van der Waals surface area contributed by atoms with Gasteiger partial charge in [-0.3, -0.25) is 0 Å². The molecule has 2 aromatic rings. The summed E-state index contributed by atoms with van der Waals surface area (Å²) in [6.07, 6.45) is 0. The van der Waals surface area contributed by atoms with E-state index >= 15 is 0 Å². The van der Waals surface area contributed by atoms with Crippen LogP contribution in [0.4, 0.5) is 18.9 Å². The summed E-state index contributed by atoms with van der Waals surface area (Å²) in [6, 6.07) is 4.75. The third-order valence-electron chi connectivity index (χ3n) is 2.54. The van der Waals surface area contributed by atoms with Crippen LogP contribution in [0.2, 0.25) is 0 Å². The molecule has 0 atom stereocenters. The topological polar surface area (TPSA) is 51.5 Å². The molecule has 1 aromatic carbocycles. The predicted octanol–water partition coefficient (Wildman–Crippen LogP) is 3.10. The Balaban J connectivity index is 2.07. The lowest BCUT2D eigenvalue weighted by atomic mass is 10.2. The van der Waals surface area contributed by atoms with E-state index in [1.807, 2.05) is 0 Å². The number of halogens is 3. The average Bonchev–Trinajstić information content (AvgIpc) is 2.92. The number of nitrogens with one attached hydrogen (secondary N) is 1. The summed E-state index contributed by atoms with van der Waals surface area (Å²) in [6.45, 7) is -0.00101. The number of hydrogen-bond donors (Lipinski definition) is 1. The fraction of sp³-hybridized carbons (Fsp3) is 0.154. The Bertz CT molecular complexity index is 640. The van der Waals surface area contributed by atoms with Crippen LogP contribution in [-0.4, -0.2) is 13.1 Å². The van der Waals surface area contributed by atoms with Crippen molar-refractivity contribution in [1.82, 2.24) is 0 Å². The van der Waals surface area contributed by atoms with Crippen LogP contribution in [0, 0.1) is 17.5 Å². The molecule has 0 amide bonds. The molecule has 1 heterocycles. The van der Waals surface area contributed by atoms with Crippen molar-refractivity contribution in [2.24, 2.45) is 0 Å². The molecule has 106 valence electrons. The number of esters is 1. The van der Waals surface area contributed by atoms with Crippen molar-refractivity contribution in [3.8, 4) is 0 Å². The average molecular weight is 285 g/mol. The number of hydrogen-bond acceptors (Lipinski definition) is 4. The van der Waals surface area contributed by atoms with Gasteiger partial charge in [-0.2, -0.15) is 0 Å². The molecule has 0 radical (unpaired) electrons. The van der Waals surface area contributed by atoms with E-state index in [1.54, 1.807) is 0 Å². The third kappa shape index (κ3) is 2.76. The molecule has 0 fully saturated rings. The van der Waals surface area contributed by atoms with Gasteiger partial charge in [-0.1, -0.05) is 0 Å². The molecule has 2 rings (SSSR count). The first kappa shape index (κ1) is 14.0. The first-order valence-corrected chi connectivity index (χ1v) is 5.57. The van der Waals surface area contributed by atoms with Crippen LogP contribution in [0.15, 0.2) is 28.7 Å². The van der Waals surface area contributed by atoms with E-state index in [0.717, 1.165) is 12.1 Å². The van der Waals surface area contributed by atoms with Crippen molar-refractivity contribution in [3.63, 3.8) is 0 Å². The molecule has 7 heteroatoms. The minimum Gasteiger partial charge on any atom is -0.463 e. The second-order valence-electron chi connectivity index (χ2n) is 3.83. The largest absolute Gasteiger partial charge is 0.463 e. The Morgan fingerprint density at radius 3 is 2.65 bits per heavy atom. The first-order chi connectivity index (χ1) is 9.52. The van der Waals surface area contributed by atoms with Gasteiger partial charge in [-0.15, -0.1) is 0 Å². The first-order valence-electron chi connectivity index (χ1n) is 5.57. The highest BCUT2D eigenvalue weighted by molar-refractivity contribution is 5.86. The van der Waals surface area contributed by atoms with Gasteiger partial charge in [0.05, 0.1) is 19.3 Å². The molecule has 0 bridgehead atoms. The van der Waals surface area contributed by atoms with E-state index in [4.69, 9.17) is 4.42 Å². The second-order valence-corrected chi connectivity index (χ2v) is 3.83. The summed E-state index contributed by atoms with van der Waals surface area (Å²) in [4.78, 5) is 11.1. The standard InChI is InChI=1S/C13H10F3NO3/c1-19-13(18)10-5-2-7(20-10)6-17-9-4-3-8(14)11(15)12(9)16/h2-5,17H,6H2,1H3. The monoisotopic (exact) mass is 285 g/mol. The molecule has 20 heavy (non-hydrogen) atoms. The Morgan fingerprint density at radius 2 is 1.95 bits per heavy atom. The van der Waals surface area contributed by atoms with Crippen LogP contribution < -0.4 is 5.32 Å². The summed E-state index contributed by atoms with van der Waals surface area (Å²) in [5.41, 5.74) is -0.208. The molecule has 0 saturated carbocycles. The van der Waals surface area contributed by atoms with Gasteiger partial charge >= 0.3 is 5.97 Å². The normalized spacial score (nSPS) is 10.4. The van der Waals surface area contributed by atoms with Crippen LogP contribution in [0.3, 0.4) is 0 Å². The SMILES string of the molecule is COC(=O)c1ccc(CNc2ccc(F)c(F)c2F)o1. The smallest absolute Gasteiger partial charge is 0.373 e. The summed E-state index contributed by atoms with van der Waals surface area (Å²) >= 11 is 0. The number of benzene rings is 1. The highest BCUT2D eigenvalue weighted by Gasteiger charge is 2.14. The van der Waals surface area contributed by atoms with E-state index in [0.29, 0.717) is 5.76 Å². The van der Waals surface area contributed by atoms with Gasteiger partial charge in [0.15, 0.2) is 17.5 Å². The number of carbonyl (C=O) groups is 1. The summed E-state index contributed by atoms with van der Waals surface area (Å²) in [5.74, 6) is -4.46. The lowest BCUT2D eigenvalue weighted by Gasteiger charge is -2.06. The van der Waals surface area contributed by atoms with Crippen LogP contribution in [-0.2, 0) is 11.3 Å². The number of furan rings is 1. The van der Waals surface area contributed by atoms with Gasteiger partial charge in [-0.05, 0) is 24.3 Å². The van der Waals surface area contributed by atoms with Gasteiger partial charge in [0.25, 0.3) is 0 Å². The van der Waals surface area contributed by atoms with E-state index in [-0.39, 0.29) is 18.0 Å². The summed E-state index contributed by atoms with van der Waals surface area (Å²) in [5, 5.41) is 2.54. The van der Waals surface area contributed by atoms with Crippen LogP contribution in [0.25, 0.3) is 0 Å². The maximum atomic E-state index is 13.4. The Morgan fingerprint density at radius 1 is 1.20 bits per heavy atom. The number of methoxy groups -OCH3 is 1. The minimum atomic E-state index is -1.55. The molecule has 0 aliphatic carbocycles. The van der Waals surface area contributed by atoms with E-state index in [2.05, 4.69) is 10.1 Å². The maximum Gasteiger partial charge on any atom is 0.373 e. The molecule has 0 aliphatic heterocycles. The second kappa shape index (κ2) is 5.68. The minimum absolute atomic E-state index is 0.00101. The van der Waals surface area contributed by atoms with Crippen LogP contribution >= 0.6 is 0 Å². The highest BCUT2D eigenvalue weighted by atomic mass is 19.2. The Kier molecular flexibility index (Phi) is 3.97. The molecular weight excluding hydrogens is 275 g/mol. The fourth-order valence-electron chi connectivity index (χ4n) is 1.53. The molecule has 4 nitrogen and oxygen atoms in total. The molecular formula is C13H10F3NO3. The maximum absolute atomic E-state index is 13.4. The molecule has 1 aromatic heterocycles. The van der Waals surface area contributed by atoms with Crippen LogP contribution in [0.5, 0.6) is 0 Å². The van der Waals surface area contributed by atoms with Crippen molar-refractivity contribution in [2.45, 2.75) is 6.54 Å². The van der Waals surface area contributed by atoms with E-state index in [9.17, 15) is 18.0 Å². The van der Waals surface area contributed by atoms with E-state index < -0.39 is 23.4 Å².